The molecule has 0 bridgehead atoms. The number of anilines is 6. The Bertz CT molecular complexity index is 3920. The van der Waals surface area contributed by atoms with Gasteiger partial charge in [-0.3, -0.25) is 0 Å². The first-order valence-electron chi connectivity index (χ1n) is 24.0. The van der Waals surface area contributed by atoms with Gasteiger partial charge in [0.25, 0.3) is 0 Å². The molecule has 0 N–H and O–H groups in total. The minimum atomic E-state index is -0.311. The Morgan fingerprint density at radius 3 is 1.20 bits per heavy atom. The predicted molar refractivity (Wildman–Crippen MR) is 294 cm³/mol. The third-order valence-electron chi connectivity index (χ3n) is 14.6. The third kappa shape index (κ3) is 6.55. The van der Waals surface area contributed by atoms with Gasteiger partial charge in [0.05, 0.1) is 11.4 Å². The van der Waals surface area contributed by atoms with E-state index in [4.69, 9.17) is 0 Å². The number of benzene rings is 12. The molecule has 0 heterocycles. The van der Waals surface area contributed by atoms with Crippen molar-refractivity contribution in [1.29, 1.82) is 0 Å². The molecule has 0 radical (unpaired) electrons. The number of para-hydroxylation sites is 2. The topological polar surface area (TPSA) is 6.48 Å². The summed E-state index contributed by atoms with van der Waals surface area (Å²) in [6, 6.07) is 93.5. The number of hydrogen-bond donors (Lipinski definition) is 0. The van der Waals surface area contributed by atoms with E-state index in [1.165, 1.54) is 87.6 Å². The summed E-state index contributed by atoms with van der Waals surface area (Å²) >= 11 is 0. The van der Waals surface area contributed by atoms with Crippen LogP contribution in [0.4, 0.5) is 34.1 Å². The average Bonchev–Trinajstić information content (AvgIpc) is 3.65. The fraction of sp³-hybridized carbons (Fsp3) is 0.0448. The second-order valence-electron chi connectivity index (χ2n) is 18.8. The smallest absolute Gasteiger partial charge is 0.0540 e. The van der Waals surface area contributed by atoms with E-state index in [0.29, 0.717) is 0 Å². The van der Waals surface area contributed by atoms with Crippen LogP contribution >= 0.6 is 0 Å². The van der Waals surface area contributed by atoms with Crippen molar-refractivity contribution in [2.45, 2.75) is 19.3 Å². The summed E-state index contributed by atoms with van der Waals surface area (Å²) in [4.78, 5) is 4.90. The van der Waals surface area contributed by atoms with E-state index in [1.807, 2.05) is 0 Å². The minimum Gasteiger partial charge on any atom is -0.310 e. The monoisotopic (exact) mass is 880 g/mol. The molecule has 12 aromatic carbocycles. The van der Waals surface area contributed by atoms with Gasteiger partial charge in [0.1, 0.15) is 0 Å². The molecule has 0 saturated heterocycles. The van der Waals surface area contributed by atoms with E-state index in [9.17, 15) is 0 Å². The summed E-state index contributed by atoms with van der Waals surface area (Å²) in [7, 11) is 0. The maximum Gasteiger partial charge on any atom is 0.0540 e. The lowest BCUT2D eigenvalue weighted by Gasteiger charge is -2.30. The fourth-order valence-electron chi connectivity index (χ4n) is 11.5. The van der Waals surface area contributed by atoms with Gasteiger partial charge in [0.15, 0.2) is 0 Å². The van der Waals surface area contributed by atoms with Crippen LogP contribution in [0.3, 0.4) is 0 Å². The van der Waals surface area contributed by atoms with Crippen molar-refractivity contribution in [2.24, 2.45) is 0 Å². The first-order valence-corrected chi connectivity index (χ1v) is 24.0. The van der Waals surface area contributed by atoms with Gasteiger partial charge >= 0.3 is 0 Å². The van der Waals surface area contributed by atoms with Crippen LogP contribution in [0.25, 0.3) is 76.5 Å². The van der Waals surface area contributed by atoms with Gasteiger partial charge in [-0.15, -0.1) is 0 Å². The predicted octanol–water partition coefficient (Wildman–Crippen LogP) is 18.9. The van der Waals surface area contributed by atoms with E-state index in [2.05, 4.69) is 278 Å². The highest BCUT2D eigenvalue weighted by molar-refractivity contribution is 6.19. The van der Waals surface area contributed by atoms with E-state index < -0.39 is 0 Å². The van der Waals surface area contributed by atoms with Crippen LogP contribution in [0.2, 0.25) is 0 Å². The van der Waals surface area contributed by atoms with Gasteiger partial charge in [-0.25, -0.2) is 0 Å². The Morgan fingerprint density at radius 1 is 0.275 bits per heavy atom. The Morgan fingerprint density at radius 2 is 0.681 bits per heavy atom. The van der Waals surface area contributed by atoms with E-state index in [0.717, 1.165) is 34.1 Å². The van der Waals surface area contributed by atoms with Gasteiger partial charge in [0, 0.05) is 38.9 Å². The van der Waals surface area contributed by atoms with Gasteiger partial charge in [-0.1, -0.05) is 208 Å². The van der Waals surface area contributed by atoms with Crippen LogP contribution in [0.1, 0.15) is 25.0 Å². The third-order valence-corrected chi connectivity index (χ3v) is 14.6. The standard InChI is InChI=1S/C67H48N2/c1-67(2)62-44-50(69(48-27-13-6-14-28-48)64-42-40-52(46-23-9-4-10-24-46)54-30-16-19-33-57(54)64)36-38-60(62)65-58-34-20-17-31-55(58)61-43-49(35-37-59(61)66(65)67)68(47-25-11-5-12-26-47)63-41-39-51(45-21-7-3-8-22-45)53-29-15-18-32-56(53)63/h3-44H,1-2H3. The molecule has 0 aromatic heterocycles. The summed E-state index contributed by atoms with van der Waals surface area (Å²) in [5, 5.41) is 9.96. The molecule has 0 fully saturated rings. The second kappa shape index (κ2) is 16.3. The molecule has 0 saturated carbocycles. The zero-order valence-corrected chi connectivity index (χ0v) is 38.6. The number of rotatable bonds is 8. The van der Waals surface area contributed by atoms with Gasteiger partial charge in [-0.05, 0) is 137 Å². The molecule has 1 aliphatic rings. The van der Waals surface area contributed by atoms with Crippen molar-refractivity contribution in [3.8, 4) is 33.4 Å². The largest absolute Gasteiger partial charge is 0.310 e. The molecule has 0 spiro atoms. The molecule has 0 amide bonds. The van der Waals surface area contributed by atoms with Crippen molar-refractivity contribution in [2.75, 3.05) is 9.80 Å². The average molecular weight is 881 g/mol. The number of hydrogen-bond acceptors (Lipinski definition) is 2. The Labute approximate surface area is 403 Å². The molecule has 1 aliphatic carbocycles. The lowest BCUT2D eigenvalue weighted by atomic mass is 9.79. The van der Waals surface area contributed by atoms with Gasteiger partial charge in [-0.2, -0.15) is 0 Å². The molecular formula is C67H48N2. The Hall–Kier alpha value is -8.72. The van der Waals surface area contributed by atoms with Crippen molar-refractivity contribution in [3.63, 3.8) is 0 Å². The van der Waals surface area contributed by atoms with E-state index in [1.54, 1.807) is 0 Å². The number of fused-ring (bicyclic) bond motifs is 10. The minimum absolute atomic E-state index is 0.311. The van der Waals surface area contributed by atoms with Crippen LogP contribution in [0.5, 0.6) is 0 Å². The molecule has 12 aromatic rings. The molecule has 13 rings (SSSR count). The van der Waals surface area contributed by atoms with Crippen LogP contribution in [0.15, 0.2) is 255 Å². The molecule has 0 unspecified atom stereocenters. The summed E-state index contributed by atoms with van der Waals surface area (Å²) < 4.78 is 0. The van der Waals surface area contributed by atoms with Crippen molar-refractivity contribution in [3.05, 3.63) is 266 Å². The molecule has 2 nitrogen and oxygen atoms in total. The molecule has 326 valence electrons. The molecular weight excluding hydrogens is 833 g/mol. The first kappa shape index (κ1) is 40.5. The molecule has 2 heteroatoms. The maximum atomic E-state index is 2.47. The Kier molecular flexibility index (Phi) is 9.55. The summed E-state index contributed by atoms with van der Waals surface area (Å²) in [5.41, 5.74) is 16.7. The van der Waals surface area contributed by atoms with E-state index in [-0.39, 0.29) is 5.41 Å². The SMILES string of the molecule is CC1(C)c2cc(N(c3ccccc3)c3ccc(-c4ccccc4)c4ccccc34)ccc2-c2c1c1ccc(N(c3ccccc3)c3ccc(-c4ccccc4)c4ccccc34)cc1c1ccccc21. The van der Waals surface area contributed by atoms with Crippen molar-refractivity contribution < 1.29 is 0 Å². The normalized spacial score (nSPS) is 12.6. The summed E-state index contributed by atoms with van der Waals surface area (Å²) in [6.07, 6.45) is 0. The summed E-state index contributed by atoms with van der Waals surface area (Å²) in [6.45, 7) is 4.86. The zero-order valence-electron chi connectivity index (χ0n) is 38.6. The van der Waals surface area contributed by atoms with Crippen LogP contribution in [0, 0.1) is 0 Å². The van der Waals surface area contributed by atoms with Crippen LogP contribution in [-0.2, 0) is 5.41 Å². The van der Waals surface area contributed by atoms with E-state index >= 15 is 0 Å². The fourth-order valence-corrected chi connectivity index (χ4v) is 11.5. The quantitative estimate of drug-likeness (QED) is 0.140. The highest BCUT2D eigenvalue weighted by atomic mass is 15.1. The highest BCUT2D eigenvalue weighted by Gasteiger charge is 2.39. The molecule has 0 atom stereocenters. The molecule has 69 heavy (non-hydrogen) atoms. The van der Waals surface area contributed by atoms with Crippen LogP contribution < -0.4 is 9.80 Å². The van der Waals surface area contributed by atoms with Crippen LogP contribution in [-0.4, -0.2) is 0 Å². The Balaban J connectivity index is 0.987. The van der Waals surface area contributed by atoms with Gasteiger partial charge in [0.2, 0.25) is 0 Å². The lowest BCUT2D eigenvalue weighted by molar-refractivity contribution is 0.666. The van der Waals surface area contributed by atoms with Crippen molar-refractivity contribution >= 4 is 77.2 Å². The summed E-state index contributed by atoms with van der Waals surface area (Å²) in [5.74, 6) is 0. The van der Waals surface area contributed by atoms with Gasteiger partial charge < -0.3 is 9.80 Å². The van der Waals surface area contributed by atoms with Crippen molar-refractivity contribution in [1.82, 2.24) is 0 Å². The maximum absolute atomic E-state index is 2.47. The zero-order chi connectivity index (χ0) is 46.1. The number of nitrogens with zero attached hydrogens (tertiary/aromatic N) is 2. The first-order chi connectivity index (χ1) is 34.0. The highest BCUT2D eigenvalue weighted by Crippen LogP contribution is 2.57. The lowest BCUT2D eigenvalue weighted by Crippen LogP contribution is -2.17. The molecule has 0 aliphatic heterocycles. The second-order valence-corrected chi connectivity index (χ2v) is 18.8.